The van der Waals surface area contributed by atoms with Crippen LogP contribution in [0.1, 0.15) is 37.6 Å². The molecule has 1 rings (SSSR count). The second-order valence-electron chi connectivity index (χ2n) is 4.49. The average molecular weight is 293 g/mol. The summed E-state index contributed by atoms with van der Waals surface area (Å²) in [5, 5.41) is 0. The van der Waals surface area contributed by atoms with Gasteiger partial charge in [0.2, 0.25) is 0 Å². The number of ether oxygens (including phenoxy) is 2. The molecule has 0 atom stereocenters. The lowest BCUT2D eigenvalue weighted by atomic mass is 10.2. The quantitative estimate of drug-likeness (QED) is 0.691. The topological polar surface area (TPSA) is 55.8 Å². The third-order valence-electron chi connectivity index (χ3n) is 2.82. The molecule has 0 bridgehead atoms. The van der Waals surface area contributed by atoms with Crippen LogP contribution in [0.25, 0.3) is 0 Å². The zero-order valence-electron chi connectivity index (χ0n) is 12.9. The summed E-state index contributed by atoms with van der Waals surface area (Å²) in [7, 11) is 0. The first kappa shape index (κ1) is 17.0. The molecule has 1 aromatic carbocycles. The van der Waals surface area contributed by atoms with E-state index < -0.39 is 0 Å². The molecule has 116 valence electrons. The van der Waals surface area contributed by atoms with Crippen molar-refractivity contribution >= 4 is 11.9 Å². The number of amides is 1. The average Bonchev–Trinajstić information content (AvgIpc) is 2.47. The van der Waals surface area contributed by atoms with Gasteiger partial charge in [-0.05, 0) is 44.5 Å². The summed E-state index contributed by atoms with van der Waals surface area (Å²) in [6.07, 6.45) is 0.780. The van der Waals surface area contributed by atoms with E-state index >= 15 is 0 Å². The molecule has 0 saturated carbocycles. The molecule has 0 aromatic heterocycles. The van der Waals surface area contributed by atoms with E-state index in [0.717, 1.165) is 12.2 Å². The molecule has 0 fully saturated rings. The van der Waals surface area contributed by atoms with Crippen LogP contribution in [0.4, 0.5) is 0 Å². The summed E-state index contributed by atoms with van der Waals surface area (Å²) in [4.78, 5) is 25.5. The van der Waals surface area contributed by atoms with Crippen LogP contribution in [0.5, 0.6) is 5.75 Å². The van der Waals surface area contributed by atoms with Crippen molar-refractivity contribution in [1.29, 1.82) is 0 Å². The maximum Gasteiger partial charge on any atom is 0.325 e. The fourth-order valence-electron chi connectivity index (χ4n) is 1.93. The molecule has 0 spiro atoms. The Balaban J connectivity index is 2.77. The minimum Gasteiger partial charge on any atom is -0.494 e. The van der Waals surface area contributed by atoms with Gasteiger partial charge >= 0.3 is 5.97 Å². The highest BCUT2D eigenvalue weighted by Crippen LogP contribution is 2.14. The predicted octanol–water partition coefficient (Wildman–Crippen LogP) is 2.50. The van der Waals surface area contributed by atoms with Crippen molar-refractivity contribution < 1.29 is 19.1 Å². The number of nitrogens with zero attached hydrogens (tertiary/aromatic N) is 1. The van der Waals surface area contributed by atoms with E-state index in [-0.39, 0.29) is 18.4 Å². The summed E-state index contributed by atoms with van der Waals surface area (Å²) in [6, 6.07) is 6.93. The van der Waals surface area contributed by atoms with Crippen LogP contribution in [0, 0.1) is 0 Å². The molecule has 0 aliphatic heterocycles. The molecule has 0 unspecified atom stereocenters. The van der Waals surface area contributed by atoms with Gasteiger partial charge in [-0.1, -0.05) is 6.92 Å². The molecule has 0 aliphatic carbocycles. The van der Waals surface area contributed by atoms with Gasteiger partial charge in [0.15, 0.2) is 0 Å². The Kier molecular flexibility index (Phi) is 7.29. The van der Waals surface area contributed by atoms with Crippen molar-refractivity contribution in [2.24, 2.45) is 0 Å². The first-order valence-corrected chi connectivity index (χ1v) is 7.30. The Labute approximate surface area is 125 Å². The number of carbonyl (C=O) groups excluding carboxylic acids is 2. The first-order valence-electron chi connectivity index (χ1n) is 7.30. The van der Waals surface area contributed by atoms with Crippen molar-refractivity contribution in [3.8, 4) is 5.75 Å². The maximum atomic E-state index is 12.4. The van der Waals surface area contributed by atoms with Crippen LogP contribution >= 0.6 is 0 Å². The van der Waals surface area contributed by atoms with Gasteiger partial charge in [0, 0.05) is 12.1 Å². The second kappa shape index (κ2) is 9.00. The lowest BCUT2D eigenvalue weighted by molar-refractivity contribution is -0.143. The Hall–Kier alpha value is -2.04. The summed E-state index contributed by atoms with van der Waals surface area (Å²) >= 11 is 0. The van der Waals surface area contributed by atoms with E-state index in [9.17, 15) is 9.59 Å². The Morgan fingerprint density at radius 1 is 1.05 bits per heavy atom. The first-order chi connectivity index (χ1) is 10.1. The highest BCUT2D eigenvalue weighted by atomic mass is 16.5. The molecule has 21 heavy (non-hydrogen) atoms. The molecule has 0 N–H and O–H groups in total. The highest BCUT2D eigenvalue weighted by molar-refractivity contribution is 5.96. The van der Waals surface area contributed by atoms with Gasteiger partial charge in [0.05, 0.1) is 13.2 Å². The molecule has 5 heteroatoms. The molecular weight excluding hydrogens is 270 g/mol. The van der Waals surface area contributed by atoms with Gasteiger partial charge < -0.3 is 14.4 Å². The molecular formula is C16H23NO4. The standard InChI is InChI=1S/C16H23NO4/c1-4-11-17(12-15(18)21-6-3)16(19)13-7-9-14(10-8-13)20-5-2/h7-10H,4-6,11-12H2,1-3H3. The number of benzene rings is 1. The number of rotatable bonds is 8. The van der Waals surface area contributed by atoms with E-state index in [1.165, 1.54) is 4.90 Å². The summed E-state index contributed by atoms with van der Waals surface area (Å²) in [5.41, 5.74) is 0.538. The van der Waals surface area contributed by atoms with Crippen LogP contribution in [-0.4, -0.2) is 43.1 Å². The summed E-state index contributed by atoms with van der Waals surface area (Å²) < 4.78 is 10.2. The van der Waals surface area contributed by atoms with Crippen molar-refractivity contribution in [2.45, 2.75) is 27.2 Å². The van der Waals surface area contributed by atoms with E-state index in [2.05, 4.69) is 0 Å². The smallest absolute Gasteiger partial charge is 0.325 e. The fourth-order valence-corrected chi connectivity index (χ4v) is 1.93. The monoisotopic (exact) mass is 293 g/mol. The van der Waals surface area contributed by atoms with Crippen molar-refractivity contribution in [1.82, 2.24) is 4.90 Å². The lowest BCUT2D eigenvalue weighted by Gasteiger charge is -2.21. The summed E-state index contributed by atoms with van der Waals surface area (Å²) in [5.74, 6) is 0.166. The molecule has 1 amide bonds. The Morgan fingerprint density at radius 2 is 1.71 bits per heavy atom. The van der Waals surface area contributed by atoms with Gasteiger partial charge in [0.1, 0.15) is 12.3 Å². The van der Waals surface area contributed by atoms with Crippen molar-refractivity contribution in [2.75, 3.05) is 26.3 Å². The highest BCUT2D eigenvalue weighted by Gasteiger charge is 2.18. The van der Waals surface area contributed by atoms with E-state index in [1.807, 2.05) is 13.8 Å². The Morgan fingerprint density at radius 3 is 2.24 bits per heavy atom. The molecule has 1 aromatic rings. The van der Waals surface area contributed by atoms with Crippen LogP contribution in [-0.2, 0) is 9.53 Å². The normalized spacial score (nSPS) is 10.0. The Bertz CT molecular complexity index is 456. The second-order valence-corrected chi connectivity index (χ2v) is 4.49. The van der Waals surface area contributed by atoms with Gasteiger partial charge in [0.25, 0.3) is 5.91 Å². The lowest BCUT2D eigenvalue weighted by Crippen LogP contribution is -2.37. The van der Waals surface area contributed by atoms with Crippen LogP contribution in [0.2, 0.25) is 0 Å². The van der Waals surface area contributed by atoms with Gasteiger partial charge in [-0.15, -0.1) is 0 Å². The molecule has 5 nitrogen and oxygen atoms in total. The molecule has 0 heterocycles. The van der Waals surface area contributed by atoms with Crippen molar-refractivity contribution in [3.63, 3.8) is 0 Å². The third-order valence-corrected chi connectivity index (χ3v) is 2.82. The number of carbonyl (C=O) groups is 2. The minimum atomic E-state index is -0.384. The van der Waals surface area contributed by atoms with E-state index in [1.54, 1.807) is 31.2 Å². The van der Waals surface area contributed by atoms with Crippen molar-refractivity contribution in [3.05, 3.63) is 29.8 Å². The van der Waals surface area contributed by atoms with Gasteiger partial charge in [-0.25, -0.2) is 0 Å². The zero-order valence-corrected chi connectivity index (χ0v) is 12.9. The minimum absolute atomic E-state index is 0.0201. The van der Waals surface area contributed by atoms with Crippen LogP contribution < -0.4 is 4.74 Å². The molecule has 0 aliphatic rings. The van der Waals surface area contributed by atoms with Gasteiger partial charge in [-0.3, -0.25) is 9.59 Å². The SMILES string of the molecule is CCCN(CC(=O)OCC)C(=O)c1ccc(OCC)cc1. The van der Waals surface area contributed by atoms with E-state index in [4.69, 9.17) is 9.47 Å². The fraction of sp³-hybridized carbons (Fsp3) is 0.500. The number of hydrogen-bond acceptors (Lipinski definition) is 4. The largest absolute Gasteiger partial charge is 0.494 e. The molecule has 0 saturated heterocycles. The zero-order chi connectivity index (χ0) is 15.7. The maximum absolute atomic E-state index is 12.4. The summed E-state index contributed by atoms with van der Waals surface area (Å²) in [6.45, 7) is 7.01. The third kappa shape index (κ3) is 5.45. The predicted molar refractivity (Wildman–Crippen MR) is 80.4 cm³/mol. The molecule has 0 radical (unpaired) electrons. The number of esters is 1. The van der Waals surface area contributed by atoms with Crippen LogP contribution in [0.3, 0.4) is 0 Å². The van der Waals surface area contributed by atoms with Crippen LogP contribution in [0.15, 0.2) is 24.3 Å². The van der Waals surface area contributed by atoms with Gasteiger partial charge in [-0.2, -0.15) is 0 Å². The number of hydrogen-bond donors (Lipinski definition) is 0. The van der Waals surface area contributed by atoms with E-state index in [0.29, 0.717) is 25.3 Å².